The van der Waals surface area contributed by atoms with Gasteiger partial charge in [0.05, 0.1) is 6.54 Å². The van der Waals surface area contributed by atoms with Crippen LogP contribution in [0.3, 0.4) is 0 Å². The average molecular weight is 298 g/mol. The molecule has 1 aromatic heterocycles. The molecule has 1 fully saturated rings. The number of primary amides is 1. The van der Waals surface area contributed by atoms with Crippen molar-refractivity contribution in [3.05, 3.63) is 53.3 Å². The molecule has 2 aromatic rings. The van der Waals surface area contributed by atoms with Gasteiger partial charge >= 0.3 is 0 Å². The number of hydrogen-bond donors (Lipinski definition) is 1. The zero-order chi connectivity index (χ0) is 15.7. The fourth-order valence-electron chi connectivity index (χ4n) is 2.40. The Morgan fingerprint density at radius 1 is 1.32 bits per heavy atom. The van der Waals surface area contributed by atoms with Crippen LogP contribution in [0.2, 0.25) is 0 Å². The van der Waals surface area contributed by atoms with Crippen LogP contribution in [0.15, 0.2) is 36.4 Å². The van der Waals surface area contributed by atoms with E-state index >= 15 is 0 Å². The van der Waals surface area contributed by atoms with Crippen LogP contribution in [0.25, 0.3) is 0 Å². The molecule has 1 heterocycles. The molecule has 0 atom stereocenters. The molecule has 0 radical (unpaired) electrons. The highest BCUT2D eigenvalue weighted by Crippen LogP contribution is 2.26. The van der Waals surface area contributed by atoms with Gasteiger partial charge in [-0.05, 0) is 18.4 Å². The zero-order valence-corrected chi connectivity index (χ0v) is 12.4. The van der Waals surface area contributed by atoms with E-state index in [2.05, 4.69) is 5.10 Å². The van der Waals surface area contributed by atoms with Crippen molar-refractivity contribution in [2.75, 3.05) is 7.05 Å². The van der Waals surface area contributed by atoms with E-state index in [1.54, 1.807) is 11.9 Å². The first-order valence-corrected chi connectivity index (χ1v) is 7.25. The summed E-state index contributed by atoms with van der Waals surface area (Å²) in [7, 11) is 1.76. The van der Waals surface area contributed by atoms with Crippen LogP contribution in [-0.2, 0) is 6.54 Å². The van der Waals surface area contributed by atoms with Crippen LogP contribution in [0.4, 0.5) is 0 Å². The van der Waals surface area contributed by atoms with Crippen molar-refractivity contribution in [3.8, 4) is 0 Å². The zero-order valence-electron chi connectivity index (χ0n) is 12.4. The molecule has 6 heteroatoms. The van der Waals surface area contributed by atoms with Crippen molar-refractivity contribution in [1.82, 2.24) is 14.7 Å². The number of aromatic nitrogens is 2. The molecule has 0 unspecified atom stereocenters. The molecule has 1 aromatic carbocycles. The summed E-state index contributed by atoms with van der Waals surface area (Å²) in [5.74, 6) is -0.756. The summed E-state index contributed by atoms with van der Waals surface area (Å²) in [6.45, 7) is 0.402. The Bertz CT molecular complexity index is 704. The van der Waals surface area contributed by atoms with Gasteiger partial charge in [-0.2, -0.15) is 5.10 Å². The number of amides is 2. The van der Waals surface area contributed by atoms with Crippen molar-refractivity contribution >= 4 is 11.8 Å². The van der Waals surface area contributed by atoms with E-state index in [-0.39, 0.29) is 17.3 Å². The van der Waals surface area contributed by atoms with Gasteiger partial charge in [-0.1, -0.05) is 30.3 Å². The van der Waals surface area contributed by atoms with E-state index in [1.165, 1.54) is 10.7 Å². The minimum atomic E-state index is -0.587. The molecule has 2 amide bonds. The first kappa shape index (κ1) is 14.3. The minimum Gasteiger partial charge on any atom is -0.364 e. The monoisotopic (exact) mass is 298 g/mol. The number of nitrogens with zero attached hydrogens (tertiary/aromatic N) is 3. The Morgan fingerprint density at radius 2 is 2.00 bits per heavy atom. The van der Waals surface area contributed by atoms with Crippen LogP contribution in [0, 0.1) is 0 Å². The van der Waals surface area contributed by atoms with Gasteiger partial charge < -0.3 is 10.6 Å². The number of hydrogen-bond acceptors (Lipinski definition) is 3. The van der Waals surface area contributed by atoms with Crippen LogP contribution in [0.1, 0.15) is 39.4 Å². The molecule has 6 nitrogen and oxygen atoms in total. The molecular weight excluding hydrogens is 280 g/mol. The first-order valence-electron chi connectivity index (χ1n) is 7.25. The fraction of sp³-hybridized carbons (Fsp3) is 0.312. The summed E-state index contributed by atoms with van der Waals surface area (Å²) in [4.78, 5) is 25.6. The van der Waals surface area contributed by atoms with Gasteiger partial charge in [0.25, 0.3) is 11.8 Å². The lowest BCUT2D eigenvalue weighted by atomic mass is 10.2. The second kappa shape index (κ2) is 5.63. The SMILES string of the molecule is CN(C(=O)c1cc(C(N)=O)n(Cc2ccccc2)n1)C1CC1. The summed E-state index contributed by atoms with van der Waals surface area (Å²) in [6.07, 6.45) is 2.05. The van der Waals surface area contributed by atoms with Crippen LogP contribution < -0.4 is 5.73 Å². The van der Waals surface area contributed by atoms with E-state index in [1.807, 2.05) is 30.3 Å². The highest BCUT2D eigenvalue weighted by molar-refractivity contribution is 5.97. The minimum absolute atomic E-state index is 0.170. The van der Waals surface area contributed by atoms with E-state index in [0.717, 1.165) is 18.4 Å². The molecule has 114 valence electrons. The Hall–Kier alpha value is -2.63. The Kier molecular flexibility index (Phi) is 3.66. The molecule has 0 saturated heterocycles. The van der Waals surface area contributed by atoms with Crippen molar-refractivity contribution < 1.29 is 9.59 Å². The van der Waals surface area contributed by atoms with Gasteiger partial charge in [-0.3, -0.25) is 14.3 Å². The third kappa shape index (κ3) is 2.86. The van der Waals surface area contributed by atoms with Crippen molar-refractivity contribution in [2.24, 2.45) is 5.73 Å². The Labute approximate surface area is 128 Å². The van der Waals surface area contributed by atoms with Crippen LogP contribution >= 0.6 is 0 Å². The van der Waals surface area contributed by atoms with E-state index in [9.17, 15) is 9.59 Å². The van der Waals surface area contributed by atoms with Crippen LogP contribution in [0.5, 0.6) is 0 Å². The highest BCUT2D eigenvalue weighted by Gasteiger charge is 2.31. The van der Waals surface area contributed by atoms with Crippen LogP contribution in [-0.4, -0.2) is 39.6 Å². The molecule has 1 saturated carbocycles. The predicted octanol–water partition coefficient (Wildman–Crippen LogP) is 1.26. The fourth-order valence-corrected chi connectivity index (χ4v) is 2.40. The summed E-state index contributed by atoms with van der Waals surface area (Å²) < 4.78 is 1.49. The Balaban J connectivity index is 1.88. The molecule has 3 rings (SSSR count). The molecular formula is C16H18N4O2. The maximum atomic E-state index is 12.4. The smallest absolute Gasteiger partial charge is 0.274 e. The number of nitrogens with two attached hydrogens (primary N) is 1. The molecule has 22 heavy (non-hydrogen) atoms. The summed E-state index contributed by atoms with van der Waals surface area (Å²) >= 11 is 0. The quantitative estimate of drug-likeness (QED) is 0.902. The lowest BCUT2D eigenvalue weighted by molar-refractivity contribution is 0.0778. The second-order valence-electron chi connectivity index (χ2n) is 5.57. The van der Waals surface area contributed by atoms with Crippen molar-refractivity contribution in [2.45, 2.75) is 25.4 Å². The summed E-state index contributed by atoms with van der Waals surface area (Å²) in [6, 6.07) is 11.4. The summed E-state index contributed by atoms with van der Waals surface area (Å²) in [5, 5.41) is 4.28. The van der Waals surface area contributed by atoms with Gasteiger partial charge in [-0.15, -0.1) is 0 Å². The normalized spacial score (nSPS) is 13.9. The maximum absolute atomic E-state index is 12.4. The van der Waals surface area contributed by atoms with E-state index in [4.69, 9.17) is 5.73 Å². The lowest BCUT2D eigenvalue weighted by Gasteiger charge is -2.14. The van der Waals surface area contributed by atoms with E-state index < -0.39 is 5.91 Å². The van der Waals surface area contributed by atoms with Gasteiger partial charge in [0.2, 0.25) is 0 Å². The van der Waals surface area contributed by atoms with Crippen molar-refractivity contribution in [3.63, 3.8) is 0 Å². The van der Waals surface area contributed by atoms with Gasteiger partial charge in [0, 0.05) is 19.2 Å². The summed E-state index contributed by atoms with van der Waals surface area (Å²) in [5.41, 5.74) is 6.90. The first-order chi connectivity index (χ1) is 10.6. The number of rotatable bonds is 5. The maximum Gasteiger partial charge on any atom is 0.274 e. The van der Waals surface area contributed by atoms with Gasteiger partial charge in [-0.25, -0.2) is 0 Å². The van der Waals surface area contributed by atoms with Crippen molar-refractivity contribution in [1.29, 1.82) is 0 Å². The topological polar surface area (TPSA) is 81.2 Å². The largest absolute Gasteiger partial charge is 0.364 e. The predicted molar refractivity (Wildman–Crippen MR) is 81.4 cm³/mol. The Morgan fingerprint density at radius 3 is 2.59 bits per heavy atom. The molecule has 0 aliphatic heterocycles. The lowest BCUT2D eigenvalue weighted by Crippen LogP contribution is -2.29. The molecule has 0 spiro atoms. The second-order valence-corrected chi connectivity index (χ2v) is 5.57. The molecule has 1 aliphatic rings. The highest BCUT2D eigenvalue weighted by atomic mass is 16.2. The average Bonchev–Trinajstić information content (AvgIpc) is 3.27. The third-order valence-electron chi connectivity index (χ3n) is 3.84. The number of benzene rings is 1. The van der Waals surface area contributed by atoms with Gasteiger partial charge in [0.15, 0.2) is 5.69 Å². The van der Waals surface area contributed by atoms with E-state index in [0.29, 0.717) is 12.6 Å². The standard InChI is InChI=1S/C16H18N4O2/c1-19(12-7-8-12)16(22)13-9-14(15(17)21)20(18-13)10-11-5-3-2-4-6-11/h2-6,9,12H,7-8,10H2,1H3,(H2,17,21). The van der Waals surface area contributed by atoms with Gasteiger partial charge in [0.1, 0.15) is 5.69 Å². The molecule has 0 bridgehead atoms. The molecule has 1 aliphatic carbocycles. The molecule has 2 N–H and O–H groups in total. The number of carbonyl (C=O) groups is 2. The number of carbonyl (C=O) groups excluding carboxylic acids is 2. The third-order valence-corrected chi connectivity index (χ3v) is 3.84.